The molecule has 0 radical (unpaired) electrons. The lowest BCUT2D eigenvalue weighted by Gasteiger charge is -2.34. The van der Waals surface area contributed by atoms with Crippen LogP contribution in [0.2, 0.25) is 0 Å². The molecule has 0 aliphatic carbocycles. The minimum Gasteiger partial charge on any atom is -0.349 e. The summed E-state index contributed by atoms with van der Waals surface area (Å²) < 4.78 is 2.27. The number of fused-ring (bicyclic) bond motifs is 1. The average Bonchev–Trinajstić information content (AvgIpc) is 3.15. The number of aromatic nitrogens is 1. The van der Waals surface area contributed by atoms with Crippen molar-refractivity contribution >= 4 is 11.6 Å². The van der Waals surface area contributed by atoms with E-state index >= 15 is 0 Å². The summed E-state index contributed by atoms with van der Waals surface area (Å²) in [6.07, 6.45) is 4.42. The molecule has 0 saturated carbocycles. The Morgan fingerprint density at radius 3 is 1.68 bits per heavy atom. The molecule has 0 fully saturated rings. The fourth-order valence-corrected chi connectivity index (χ4v) is 4.10. The summed E-state index contributed by atoms with van der Waals surface area (Å²) in [5.74, 6) is 0.198. The molecule has 1 unspecified atom stereocenters. The highest BCUT2D eigenvalue weighted by Crippen LogP contribution is 2.48. The van der Waals surface area contributed by atoms with Gasteiger partial charge in [0.25, 0.3) is 0 Å². The summed E-state index contributed by atoms with van der Waals surface area (Å²) >= 11 is 0. The second-order valence-electron chi connectivity index (χ2n) is 12.9. The number of carbonyl (C=O) groups excluding carboxylic acids is 1. The van der Waals surface area contributed by atoms with Gasteiger partial charge in [0.05, 0.1) is 5.92 Å². The van der Waals surface area contributed by atoms with Gasteiger partial charge in [-0.2, -0.15) is 0 Å². The van der Waals surface area contributed by atoms with Crippen molar-refractivity contribution in [3.8, 4) is 0 Å². The van der Waals surface area contributed by atoms with E-state index in [9.17, 15) is 4.79 Å². The van der Waals surface area contributed by atoms with E-state index in [1.54, 1.807) is 0 Å². The highest BCUT2D eigenvalue weighted by Gasteiger charge is 2.46. The van der Waals surface area contributed by atoms with E-state index in [4.69, 9.17) is 0 Å². The largest absolute Gasteiger partial charge is 0.349 e. The number of carbonyl (C=O) groups is 1. The molecule has 1 atom stereocenters. The van der Waals surface area contributed by atoms with Crippen LogP contribution in [0.3, 0.4) is 0 Å². The van der Waals surface area contributed by atoms with Gasteiger partial charge in [-0.3, -0.25) is 4.79 Å². The van der Waals surface area contributed by atoms with Crippen LogP contribution in [0.1, 0.15) is 100 Å². The Morgan fingerprint density at radius 2 is 1.29 bits per heavy atom. The predicted octanol–water partition coefficient (Wildman–Crippen LogP) is 7.50. The SMILES string of the molecule is CC(C)(C)C1C(=O)N(C(C)(C)C)c2ccccc21.CC(C)(C)c1ccn(C(C)(C)C)c1. The van der Waals surface area contributed by atoms with Crippen molar-refractivity contribution in [2.24, 2.45) is 5.41 Å². The maximum absolute atomic E-state index is 12.8. The van der Waals surface area contributed by atoms with Crippen molar-refractivity contribution in [1.29, 1.82) is 0 Å². The topological polar surface area (TPSA) is 25.2 Å². The van der Waals surface area contributed by atoms with Crippen LogP contribution in [0, 0.1) is 5.41 Å². The summed E-state index contributed by atoms with van der Waals surface area (Å²) in [6, 6.07) is 10.4. The molecule has 1 aliphatic heterocycles. The quantitative estimate of drug-likeness (QED) is 0.430. The number of rotatable bonds is 0. The molecule has 0 spiro atoms. The van der Waals surface area contributed by atoms with E-state index in [-0.39, 0.29) is 33.7 Å². The zero-order chi connectivity index (χ0) is 24.0. The van der Waals surface area contributed by atoms with Crippen molar-refractivity contribution in [3.63, 3.8) is 0 Å². The molecule has 0 bridgehead atoms. The minimum atomic E-state index is -0.173. The molecule has 2 aromatic rings. The van der Waals surface area contributed by atoms with E-state index in [0.29, 0.717) is 0 Å². The van der Waals surface area contributed by atoms with Crippen LogP contribution in [-0.2, 0) is 15.7 Å². The Bertz CT molecular complexity index is 836. The van der Waals surface area contributed by atoms with Gasteiger partial charge < -0.3 is 9.47 Å². The van der Waals surface area contributed by atoms with Gasteiger partial charge in [-0.15, -0.1) is 0 Å². The maximum Gasteiger partial charge on any atom is 0.235 e. The molecule has 0 saturated heterocycles. The Kier molecular flexibility index (Phi) is 6.63. The summed E-state index contributed by atoms with van der Waals surface area (Å²) in [4.78, 5) is 14.7. The van der Waals surface area contributed by atoms with Crippen LogP contribution in [0.4, 0.5) is 5.69 Å². The molecule has 1 amide bonds. The third-order valence-corrected chi connectivity index (χ3v) is 5.83. The van der Waals surface area contributed by atoms with E-state index in [1.165, 1.54) is 11.1 Å². The van der Waals surface area contributed by atoms with E-state index in [1.807, 2.05) is 17.0 Å². The normalized spacial score (nSPS) is 17.4. The number of amides is 1. The third-order valence-electron chi connectivity index (χ3n) is 5.83. The van der Waals surface area contributed by atoms with Gasteiger partial charge >= 0.3 is 0 Å². The van der Waals surface area contributed by atoms with E-state index < -0.39 is 0 Å². The smallest absolute Gasteiger partial charge is 0.235 e. The Balaban J connectivity index is 0.000000233. The van der Waals surface area contributed by atoms with Crippen LogP contribution >= 0.6 is 0 Å². The highest BCUT2D eigenvalue weighted by molar-refractivity contribution is 6.06. The van der Waals surface area contributed by atoms with Gasteiger partial charge in [0, 0.05) is 29.2 Å². The maximum atomic E-state index is 12.8. The summed E-state index contributed by atoms with van der Waals surface area (Å²) in [5, 5.41) is 0. The number of benzene rings is 1. The fraction of sp³-hybridized carbons (Fsp3) is 0.607. The lowest BCUT2D eigenvalue weighted by Crippen LogP contribution is -2.45. The molecule has 1 aromatic carbocycles. The zero-order valence-electron chi connectivity index (χ0n) is 21.9. The van der Waals surface area contributed by atoms with Crippen molar-refractivity contribution in [2.45, 2.75) is 105 Å². The molecule has 172 valence electrons. The monoisotopic (exact) mass is 424 g/mol. The van der Waals surface area contributed by atoms with Crippen LogP contribution in [0.25, 0.3) is 0 Å². The molecular formula is C28H44N2O. The van der Waals surface area contributed by atoms with Crippen molar-refractivity contribution in [2.75, 3.05) is 4.90 Å². The van der Waals surface area contributed by atoms with Crippen molar-refractivity contribution < 1.29 is 4.79 Å². The first kappa shape index (κ1) is 25.2. The van der Waals surface area contributed by atoms with Crippen molar-refractivity contribution in [3.05, 3.63) is 53.9 Å². The Labute approximate surface area is 190 Å². The molecule has 3 rings (SSSR count). The van der Waals surface area contributed by atoms with Gasteiger partial charge in [-0.1, -0.05) is 59.7 Å². The molecule has 1 aliphatic rings. The molecule has 2 heterocycles. The van der Waals surface area contributed by atoms with Crippen LogP contribution < -0.4 is 4.90 Å². The Morgan fingerprint density at radius 1 is 0.742 bits per heavy atom. The summed E-state index contributed by atoms with van der Waals surface area (Å²) in [6.45, 7) is 26.1. The van der Waals surface area contributed by atoms with Crippen LogP contribution in [0.5, 0.6) is 0 Å². The van der Waals surface area contributed by atoms with Gasteiger partial charge in [0.1, 0.15) is 0 Å². The first-order chi connectivity index (χ1) is 13.8. The highest BCUT2D eigenvalue weighted by atomic mass is 16.2. The first-order valence-corrected chi connectivity index (χ1v) is 11.5. The molecule has 0 N–H and O–H groups in total. The van der Waals surface area contributed by atoms with Crippen LogP contribution in [-0.4, -0.2) is 16.0 Å². The van der Waals surface area contributed by atoms with Gasteiger partial charge in [0.2, 0.25) is 5.91 Å². The number of para-hydroxylation sites is 1. The number of anilines is 1. The third kappa shape index (κ3) is 5.61. The number of hydrogen-bond donors (Lipinski definition) is 0. The summed E-state index contributed by atoms with van der Waals surface area (Å²) in [5.41, 5.74) is 3.89. The number of nitrogens with zero attached hydrogens (tertiary/aromatic N) is 2. The lowest BCUT2D eigenvalue weighted by atomic mass is 9.77. The predicted molar refractivity (Wildman–Crippen MR) is 134 cm³/mol. The molecule has 3 nitrogen and oxygen atoms in total. The Hall–Kier alpha value is -2.03. The summed E-state index contributed by atoms with van der Waals surface area (Å²) in [7, 11) is 0. The van der Waals surface area contributed by atoms with Gasteiger partial charge in [-0.25, -0.2) is 0 Å². The van der Waals surface area contributed by atoms with Crippen LogP contribution in [0.15, 0.2) is 42.7 Å². The average molecular weight is 425 g/mol. The number of hydrogen-bond acceptors (Lipinski definition) is 1. The standard InChI is InChI=1S/C16H23NO.C12H21N/c1-15(2,3)13-11-9-7-8-10-12(11)17(14(13)18)16(4,5)6;1-11(2,3)10-7-8-13(9-10)12(4,5)6/h7-10,13H,1-6H3;7-9H,1-6H3. The first-order valence-electron chi connectivity index (χ1n) is 11.5. The molecular weight excluding hydrogens is 380 g/mol. The second-order valence-corrected chi connectivity index (χ2v) is 12.9. The zero-order valence-corrected chi connectivity index (χ0v) is 21.9. The molecule has 1 aromatic heterocycles. The molecule has 3 heteroatoms. The molecule has 31 heavy (non-hydrogen) atoms. The fourth-order valence-electron chi connectivity index (χ4n) is 4.10. The minimum absolute atomic E-state index is 0.0343. The van der Waals surface area contributed by atoms with Crippen molar-refractivity contribution in [1.82, 2.24) is 4.57 Å². The van der Waals surface area contributed by atoms with E-state index in [2.05, 4.69) is 118 Å². The second kappa shape index (κ2) is 8.15. The van der Waals surface area contributed by atoms with Gasteiger partial charge in [-0.05, 0) is 75.6 Å². The lowest BCUT2D eigenvalue weighted by molar-refractivity contribution is -0.122. The van der Waals surface area contributed by atoms with E-state index in [0.717, 1.165) is 5.69 Å². The van der Waals surface area contributed by atoms with Gasteiger partial charge in [0.15, 0.2) is 0 Å².